The average Bonchev–Trinajstić information content (AvgIpc) is 3.06. The van der Waals surface area contributed by atoms with Gasteiger partial charge in [-0.1, -0.05) is 0 Å². The van der Waals surface area contributed by atoms with Crippen LogP contribution in [0.25, 0.3) is 0 Å². The molecule has 2 aliphatic rings. The zero-order chi connectivity index (χ0) is 19.6. The smallest absolute Gasteiger partial charge is 0.296 e. The van der Waals surface area contributed by atoms with Crippen LogP contribution in [0.5, 0.6) is 0 Å². The lowest BCUT2D eigenvalue weighted by Crippen LogP contribution is -2.62. The van der Waals surface area contributed by atoms with Crippen molar-refractivity contribution in [3.05, 3.63) is 0 Å². The van der Waals surface area contributed by atoms with Crippen molar-refractivity contribution in [3.63, 3.8) is 0 Å². The Hall–Kier alpha value is -0.690. The van der Waals surface area contributed by atoms with E-state index < -0.39 is 10.4 Å². The minimum absolute atomic E-state index is 0.204. The molecule has 25 heavy (non-hydrogen) atoms. The monoisotopic (exact) mass is 380 g/mol. The molecule has 0 saturated carbocycles. The van der Waals surface area contributed by atoms with Gasteiger partial charge in [0.1, 0.15) is 11.1 Å². The van der Waals surface area contributed by atoms with Crippen LogP contribution in [0.1, 0.15) is 41.5 Å². The topological polar surface area (TPSA) is 147 Å². The Labute approximate surface area is 150 Å². The minimum Gasteiger partial charge on any atom is -0.296 e. The lowest BCUT2D eigenvalue weighted by Gasteiger charge is -2.41. The fraction of sp³-hybridized carbons (Fsp3) is 1.00. The normalized spacial score (nSPS) is 23.5. The Morgan fingerprint density at radius 1 is 0.760 bits per heavy atom. The van der Waals surface area contributed by atoms with Gasteiger partial charge in [0.25, 0.3) is 0 Å². The second-order valence-electron chi connectivity index (χ2n) is 7.72. The quantitative estimate of drug-likeness (QED) is 0.298. The van der Waals surface area contributed by atoms with E-state index in [9.17, 15) is 0 Å². The van der Waals surface area contributed by atoms with Gasteiger partial charge in [0, 0.05) is 26.2 Å². The van der Waals surface area contributed by atoms with E-state index in [-0.39, 0.29) is 22.4 Å². The number of hydrogen-bond donors (Lipinski definition) is 6. The highest BCUT2D eigenvalue weighted by Crippen LogP contribution is 2.30. The van der Waals surface area contributed by atoms with Crippen LogP contribution >= 0.6 is 0 Å². The van der Waals surface area contributed by atoms with E-state index in [1.54, 1.807) is 0 Å². The van der Waals surface area contributed by atoms with Crippen molar-refractivity contribution in [2.75, 3.05) is 26.2 Å². The fourth-order valence-corrected chi connectivity index (χ4v) is 2.69. The first-order valence-corrected chi connectivity index (χ1v) is 9.66. The molecule has 0 aliphatic carbocycles. The largest absolute Gasteiger partial charge is 0.394 e. The molecular weight excluding hydrogens is 348 g/mol. The van der Waals surface area contributed by atoms with Gasteiger partial charge < -0.3 is 0 Å². The Morgan fingerprint density at radius 2 is 0.960 bits per heavy atom. The van der Waals surface area contributed by atoms with Crippen molar-refractivity contribution in [3.8, 4) is 0 Å². The number of rotatable bonds is 4. The van der Waals surface area contributed by atoms with Gasteiger partial charge in [-0.25, -0.2) is 0 Å². The van der Waals surface area contributed by atoms with E-state index in [1.807, 2.05) is 0 Å². The third-order valence-corrected chi connectivity index (χ3v) is 5.16. The molecule has 2 saturated heterocycles. The second kappa shape index (κ2) is 7.51. The summed E-state index contributed by atoms with van der Waals surface area (Å²) in [5.41, 5.74) is -1.03. The number of hydrogen-bond acceptors (Lipinski definition) is 8. The van der Waals surface area contributed by atoms with Gasteiger partial charge in [-0.15, -0.1) is 0 Å². The summed E-state index contributed by atoms with van der Waals surface area (Å²) < 4.78 is 31.6. The summed E-state index contributed by atoms with van der Waals surface area (Å²) >= 11 is 0. The van der Waals surface area contributed by atoms with Crippen molar-refractivity contribution in [1.29, 1.82) is 0 Å². The van der Waals surface area contributed by atoms with Crippen LogP contribution in [-0.2, 0) is 10.4 Å². The van der Waals surface area contributed by atoms with Crippen molar-refractivity contribution in [2.45, 2.75) is 63.9 Å². The van der Waals surface area contributed by atoms with E-state index in [0.717, 1.165) is 26.2 Å². The molecule has 0 aromatic rings. The van der Waals surface area contributed by atoms with E-state index >= 15 is 0 Å². The SMILES string of the molecule is CC(C)(N=NC(C)(C)C1(C)NCCN1)C1(C)NCCN1.O=S(=O)(O)O. The lowest BCUT2D eigenvalue weighted by atomic mass is 9.89. The summed E-state index contributed by atoms with van der Waals surface area (Å²) in [6.07, 6.45) is 0. The van der Waals surface area contributed by atoms with Gasteiger partial charge in [0.05, 0.1) is 11.3 Å². The van der Waals surface area contributed by atoms with Crippen LogP contribution in [0.2, 0.25) is 0 Å². The Balaban J connectivity index is 0.000000550. The Morgan fingerprint density at radius 3 is 1.16 bits per heavy atom. The number of azo groups is 1. The van der Waals surface area contributed by atoms with Gasteiger partial charge in [-0.2, -0.15) is 18.6 Å². The highest BCUT2D eigenvalue weighted by molar-refractivity contribution is 7.79. The van der Waals surface area contributed by atoms with Crippen LogP contribution in [0.4, 0.5) is 0 Å². The number of nitrogens with zero attached hydrogens (tertiary/aromatic N) is 2. The summed E-state index contributed by atoms with van der Waals surface area (Å²) in [6, 6.07) is 0. The summed E-state index contributed by atoms with van der Waals surface area (Å²) in [7, 11) is -4.67. The second-order valence-corrected chi connectivity index (χ2v) is 8.62. The standard InChI is InChI=1S/C14H30N6.H2O4S/c1-11(2,13(5)15-7-8-16-13)19-20-12(3,4)14(6)17-9-10-18-14;1-5(2,3)4/h15-18H,7-10H2,1-6H3;(H2,1,2,3,4). The minimum atomic E-state index is -4.67. The molecule has 0 aromatic heterocycles. The summed E-state index contributed by atoms with van der Waals surface area (Å²) in [6.45, 7) is 16.7. The lowest BCUT2D eigenvalue weighted by molar-refractivity contribution is 0.179. The first kappa shape index (κ1) is 22.4. The van der Waals surface area contributed by atoms with Gasteiger partial charge in [-0.05, 0) is 41.5 Å². The van der Waals surface area contributed by atoms with Gasteiger partial charge >= 0.3 is 10.4 Å². The molecule has 0 amide bonds. The summed E-state index contributed by atoms with van der Waals surface area (Å²) in [4.78, 5) is 0. The molecule has 11 heteroatoms. The molecule has 2 fully saturated rings. The molecule has 148 valence electrons. The summed E-state index contributed by atoms with van der Waals surface area (Å²) in [5, 5.41) is 23.4. The molecule has 0 aromatic carbocycles. The van der Waals surface area contributed by atoms with E-state index in [4.69, 9.17) is 27.8 Å². The van der Waals surface area contributed by atoms with Crippen LogP contribution in [0, 0.1) is 0 Å². The van der Waals surface area contributed by atoms with Crippen molar-refractivity contribution in [2.24, 2.45) is 10.2 Å². The average molecular weight is 381 g/mol. The number of nitrogens with one attached hydrogen (secondary N) is 4. The molecule has 2 heterocycles. The maximum absolute atomic E-state index is 8.74. The van der Waals surface area contributed by atoms with E-state index in [0.29, 0.717) is 0 Å². The van der Waals surface area contributed by atoms with Crippen molar-refractivity contribution >= 4 is 10.4 Å². The molecule has 6 N–H and O–H groups in total. The van der Waals surface area contributed by atoms with Gasteiger partial charge in [-0.3, -0.25) is 30.4 Å². The molecule has 0 bridgehead atoms. The Bertz CT molecular complexity index is 534. The van der Waals surface area contributed by atoms with Crippen molar-refractivity contribution < 1.29 is 17.5 Å². The molecule has 10 nitrogen and oxygen atoms in total. The van der Waals surface area contributed by atoms with Crippen molar-refractivity contribution in [1.82, 2.24) is 21.3 Å². The molecule has 0 atom stereocenters. The Kier molecular flexibility index (Phi) is 6.71. The molecule has 0 unspecified atom stereocenters. The molecule has 2 aliphatic heterocycles. The zero-order valence-corrected chi connectivity index (χ0v) is 16.7. The molecule has 0 radical (unpaired) electrons. The van der Waals surface area contributed by atoms with E-state index in [2.05, 4.69) is 62.8 Å². The molecule has 2 rings (SSSR count). The molecular formula is C14H32N6O4S. The van der Waals surface area contributed by atoms with Crippen LogP contribution in [0.3, 0.4) is 0 Å². The maximum Gasteiger partial charge on any atom is 0.394 e. The fourth-order valence-electron chi connectivity index (χ4n) is 2.69. The first-order chi connectivity index (χ1) is 11.1. The third-order valence-electron chi connectivity index (χ3n) is 5.16. The summed E-state index contributed by atoms with van der Waals surface area (Å²) in [5.74, 6) is 0. The maximum atomic E-state index is 8.74. The first-order valence-electron chi connectivity index (χ1n) is 8.26. The van der Waals surface area contributed by atoms with Gasteiger partial charge in [0.2, 0.25) is 0 Å². The third kappa shape index (κ3) is 5.91. The van der Waals surface area contributed by atoms with Gasteiger partial charge in [0.15, 0.2) is 0 Å². The highest BCUT2D eigenvalue weighted by Gasteiger charge is 2.46. The zero-order valence-electron chi connectivity index (χ0n) is 15.8. The highest BCUT2D eigenvalue weighted by atomic mass is 32.3. The predicted octanol–water partition coefficient (Wildman–Crippen LogP) is 0.161. The van der Waals surface area contributed by atoms with Crippen LogP contribution in [-0.4, -0.2) is 66.1 Å². The van der Waals surface area contributed by atoms with E-state index in [1.165, 1.54) is 0 Å². The van der Waals surface area contributed by atoms with Crippen LogP contribution in [0.15, 0.2) is 10.2 Å². The predicted molar refractivity (Wildman–Crippen MR) is 96.0 cm³/mol. The van der Waals surface area contributed by atoms with Crippen LogP contribution < -0.4 is 21.3 Å². The molecule has 0 spiro atoms.